The Morgan fingerprint density at radius 1 is 1.29 bits per heavy atom. The lowest BCUT2D eigenvalue weighted by atomic mass is 10.2. The number of hydrogen-bond acceptors (Lipinski definition) is 3. The molecule has 4 nitrogen and oxygen atoms in total. The summed E-state index contributed by atoms with van der Waals surface area (Å²) in [6, 6.07) is 0.541. The largest absolute Gasteiger partial charge is 0.379 e. The minimum absolute atomic E-state index is 0.265. The van der Waals surface area contributed by atoms with Crippen LogP contribution in [0.3, 0.4) is 0 Å². The van der Waals surface area contributed by atoms with Gasteiger partial charge in [-0.15, -0.1) is 11.6 Å². The zero-order valence-electron chi connectivity index (χ0n) is 10.2. The summed E-state index contributed by atoms with van der Waals surface area (Å²) in [7, 11) is 0. The summed E-state index contributed by atoms with van der Waals surface area (Å²) < 4.78 is 5.35. The van der Waals surface area contributed by atoms with Gasteiger partial charge in [0.1, 0.15) is 0 Å². The van der Waals surface area contributed by atoms with E-state index in [4.69, 9.17) is 16.3 Å². The van der Waals surface area contributed by atoms with Gasteiger partial charge in [0.05, 0.1) is 13.2 Å². The van der Waals surface area contributed by atoms with Gasteiger partial charge in [-0.25, -0.2) is 0 Å². The third kappa shape index (κ3) is 3.57. The van der Waals surface area contributed by atoms with Gasteiger partial charge in [-0.3, -0.25) is 9.69 Å². The molecule has 0 radical (unpaired) electrons. The van der Waals surface area contributed by atoms with Gasteiger partial charge in [0.2, 0.25) is 5.91 Å². The van der Waals surface area contributed by atoms with Crippen molar-refractivity contribution in [2.75, 3.05) is 45.3 Å². The van der Waals surface area contributed by atoms with Crippen molar-refractivity contribution in [1.29, 1.82) is 0 Å². The number of carbonyl (C=O) groups excluding carboxylic acids is 1. The zero-order chi connectivity index (χ0) is 12.1. The Labute approximate surface area is 108 Å². The second-order valence-corrected chi connectivity index (χ2v) is 5.10. The number of rotatable bonds is 4. The average Bonchev–Trinajstić information content (AvgIpc) is 2.86. The molecule has 0 saturated carbocycles. The number of halogens is 1. The SMILES string of the molecule is O=C(CCCCl)N1CCC(N2CCOCC2)C1. The maximum atomic E-state index is 11.9. The predicted octanol–water partition coefficient (Wildman–Crippen LogP) is 0.939. The number of amides is 1. The fraction of sp³-hybridized carbons (Fsp3) is 0.917. The van der Waals surface area contributed by atoms with E-state index in [0.29, 0.717) is 18.3 Å². The lowest BCUT2D eigenvalue weighted by Crippen LogP contribution is -2.45. The van der Waals surface area contributed by atoms with E-state index in [9.17, 15) is 4.79 Å². The van der Waals surface area contributed by atoms with Crippen LogP contribution in [-0.4, -0.2) is 67.0 Å². The summed E-state index contributed by atoms with van der Waals surface area (Å²) in [5.41, 5.74) is 0. The Hall–Kier alpha value is -0.320. The van der Waals surface area contributed by atoms with Gasteiger partial charge < -0.3 is 9.64 Å². The molecule has 0 aliphatic carbocycles. The molecule has 0 spiro atoms. The van der Waals surface area contributed by atoms with Crippen molar-refractivity contribution < 1.29 is 9.53 Å². The van der Waals surface area contributed by atoms with E-state index in [2.05, 4.69) is 4.90 Å². The van der Waals surface area contributed by atoms with Gasteiger partial charge in [-0.1, -0.05) is 0 Å². The first-order chi connectivity index (χ1) is 8.31. The van der Waals surface area contributed by atoms with Crippen LogP contribution >= 0.6 is 11.6 Å². The Morgan fingerprint density at radius 2 is 2.06 bits per heavy atom. The summed E-state index contributed by atoms with van der Waals surface area (Å²) >= 11 is 5.61. The molecular weight excluding hydrogens is 240 g/mol. The molecule has 2 rings (SSSR count). The maximum absolute atomic E-state index is 11.9. The highest BCUT2D eigenvalue weighted by Crippen LogP contribution is 2.18. The van der Waals surface area contributed by atoms with Crippen LogP contribution in [0.25, 0.3) is 0 Å². The molecule has 0 aromatic rings. The Kier molecular flexibility index (Phi) is 5.07. The number of hydrogen-bond donors (Lipinski definition) is 0. The topological polar surface area (TPSA) is 32.8 Å². The molecular formula is C12H21ClN2O2. The van der Waals surface area contributed by atoms with E-state index in [1.165, 1.54) is 0 Å². The van der Waals surface area contributed by atoms with Gasteiger partial charge in [-0.2, -0.15) is 0 Å². The molecule has 2 aliphatic heterocycles. The molecule has 2 aliphatic rings. The highest BCUT2D eigenvalue weighted by molar-refractivity contribution is 6.17. The van der Waals surface area contributed by atoms with Crippen LogP contribution in [0.5, 0.6) is 0 Å². The van der Waals surface area contributed by atoms with E-state index in [0.717, 1.165) is 52.2 Å². The van der Waals surface area contributed by atoms with E-state index in [1.54, 1.807) is 0 Å². The summed E-state index contributed by atoms with van der Waals surface area (Å²) in [6.45, 7) is 5.47. The van der Waals surface area contributed by atoms with E-state index in [-0.39, 0.29) is 5.91 Å². The van der Waals surface area contributed by atoms with Gasteiger partial charge in [0.25, 0.3) is 0 Å². The molecule has 1 unspecified atom stereocenters. The average molecular weight is 261 g/mol. The molecule has 0 aromatic carbocycles. The summed E-state index contributed by atoms with van der Waals surface area (Å²) in [5.74, 6) is 0.841. The van der Waals surface area contributed by atoms with Crippen molar-refractivity contribution in [2.24, 2.45) is 0 Å². The Morgan fingerprint density at radius 3 is 2.76 bits per heavy atom. The molecule has 98 valence electrons. The minimum Gasteiger partial charge on any atom is -0.379 e. The van der Waals surface area contributed by atoms with Crippen LogP contribution in [0.1, 0.15) is 19.3 Å². The van der Waals surface area contributed by atoms with E-state index >= 15 is 0 Å². The smallest absolute Gasteiger partial charge is 0.222 e. The molecule has 0 N–H and O–H groups in total. The van der Waals surface area contributed by atoms with Crippen LogP contribution in [0.2, 0.25) is 0 Å². The van der Waals surface area contributed by atoms with Gasteiger partial charge in [0.15, 0.2) is 0 Å². The van der Waals surface area contributed by atoms with Crippen LogP contribution in [-0.2, 0) is 9.53 Å². The number of likely N-dealkylation sites (tertiary alicyclic amines) is 1. The first-order valence-corrected chi connectivity index (χ1v) is 7.00. The summed E-state index contributed by atoms with van der Waals surface area (Å²) in [5, 5.41) is 0. The fourth-order valence-corrected chi connectivity index (χ4v) is 2.72. The Balaban J connectivity index is 1.76. The number of morpholine rings is 1. The van der Waals surface area contributed by atoms with Crippen molar-refractivity contribution in [3.8, 4) is 0 Å². The number of alkyl halides is 1. The van der Waals surface area contributed by atoms with Crippen molar-refractivity contribution in [3.05, 3.63) is 0 Å². The van der Waals surface area contributed by atoms with Gasteiger partial charge in [0, 0.05) is 44.5 Å². The van der Waals surface area contributed by atoms with E-state index in [1.807, 2.05) is 4.90 Å². The first kappa shape index (κ1) is 13.1. The monoisotopic (exact) mass is 260 g/mol. The molecule has 1 amide bonds. The highest BCUT2D eigenvalue weighted by Gasteiger charge is 2.30. The van der Waals surface area contributed by atoms with Gasteiger partial charge in [-0.05, 0) is 12.8 Å². The number of carbonyl (C=O) groups is 1. The molecule has 1 atom stereocenters. The summed E-state index contributed by atoms with van der Waals surface area (Å²) in [6.07, 6.45) is 2.49. The molecule has 0 bridgehead atoms. The normalized spacial score (nSPS) is 26.4. The van der Waals surface area contributed by atoms with Crippen molar-refractivity contribution in [3.63, 3.8) is 0 Å². The maximum Gasteiger partial charge on any atom is 0.222 e. The molecule has 5 heteroatoms. The second-order valence-electron chi connectivity index (χ2n) is 4.72. The standard InChI is InChI=1S/C12H21ClN2O2/c13-4-1-2-12(16)15-5-3-11(10-15)14-6-8-17-9-7-14/h11H,1-10H2. The van der Waals surface area contributed by atoms with E-state index < -0.39 is 0 Å². The molecule has 2 saturated heterocycles. The third-order valence-corrected chi connectivity index (χ3v) is 3.87. The lowest BCUT2D eigenvalue weighted by molar-refractivity contribution is -0.130. The van der Waals surface area contributed by atoms with Crippen molar-refractivity contribution in [2.45, 2.75) is 25.3 Å². The predicted molar refractivity (Wildman–Crippen MR) is 67.3 cm³/mol. The minimum atomic E-state index is 0.265. The van der Waals surface area contributed by atoms with Crippen LogP contribution in [0, 0.1) is 0 Å². The van der Waals surface area contributed by atoms with Crippen LogP contribution < -0.4 is 0 Å². The van der Waals surface area contributed by atoms with Crippen molar-refractivity contribution in [1.82, 2.24) is 9.80 Å². The lowest BCUT2D eigenvalue weighted by Gasteiger charge is -2.32. The quantitative estimate of drug-likeness (QED) is 0.706. The first-order valence-electron chi connectivity index (χ1n) is 6.47. The number of nitrogens with zero attached hydrogens (tertiary/aromatic N) is 2. The van der Waals surface area contributed by atoms with Gasteiger partial charge >= 0.3 is 0 Å². The third-order valence-electron chi connectivity index (χ3n) is 3.60. The zero-order valence-corrected chi connectivity index (χ0v) is 11.0. The molecule has 0 aromatic heterocycles. The molecule has 2 fully saturated rings. The van der Waals surface area contributed by atoms with Crippen molar-refractivity contribution >= 4 is 17.5 Å². The Bertz CT molecular complexity index is 257. The van der Waals surface area contributed by atoms with Crippen LogP contribution in [0.15, 0.2) is 0 Å². The number of ether oxygens (including phenoxy) is 1. The van der Waals surface area contributed by atoms with Crippen LogP contribution in [0.4, 0.5) is 0 Å². The second kappa shape index (κ2) is 6.57. The molecule has 2 heterocycles. The molecule has 17 heavy (non-hydrogen) atoms. The highest BCUT2D eigenvalue weighted by atomic mass is 35.5. The fourth-order valence-electron chi connectivity index (χ4n) is 2.59. The summed E-state index contributed by atoms with van der Waals surface area (Å²) in [4.78, 5) is 16.3.